The molecule has 0 saturated carbocycles. The van der Waals surface area contributed by atoms with E-state index in [1.807, 2.05) is 0 Å². The largest absolute Gasteiger partial charge is 0.394 e. The molecule has 0 radical (unpaired) electrons. The molecule has 1 fully saturated rings. The minimum atomic E-state index is -3.58. The Kier molecular flexibility index (Phi) is 3.71. The normalized spacial score (nSPS) is 26.4. The van der Waals surface area contributed by atoms with E-state index < -0.39 is 16.1 Å². The highest BCUT2D eigenvalue weighted by molar-refractivity contribution is 7.89. The fourth-order valence-electron chi connectivity index (χ4n) is 2.05. The van der Waals surface area contributed by atoms with Gasteiger partial charge in [-0.05, 0) is 13.0 Å². The second-order valence-corrected chi connectivity index (χ2v) is 6.25. The molecular weight excluding hydrogens is 258 g/mol. The Morgan fingerprint density at radius 2 is 2.28 bits per heavy atom. The highest BCUT2D eigenvalue weighted by Gasteiger charge is 2.34. The quantitative estimate of drug-likeness (QED) is 0.780. The van der Waals surface area contributed by atoms with Gasteiger partial charge in [-0.3, -0.25) is 4.68 Å². The molecule has 8 heteroatoms. The molecule has 102 valence electrons. The predicted molar refractivity (Wildman–Crippen MR) is 63.4 cm³/mol. The van der Waals surface area contributed by atoms with Crippen LogP contribution in [0.3, 0.4) is 0 Å². The third-order valence-electron chi connectivity index (χ3n) is 2.88. The number of nitrogens with zero attached hydrogens (tertiary/aromatic N) is 3. The molecule has 7 nitrogen and oxygen atoms in total. The average molecular weight is 275 g/mol. The number of sulfonamides is 1. The Hall–Kier alpha value is -0.960. The van der Waals surface area contributed by atoms with Gasteiger partial charge in [0, 0.05) is 20.1 Å². The zero-order chi connectivity index (χ0) is 13.3. The van der Waals surface area contributed by atoms with Crippen LogP contribution >= 0.6 is 0 Å². The molecule has 2 rings (SSSR count). The van der Waals surface area contributed by atoms with Gasteiger partial charge in [0.1, 0.15) is 0 Å². The molecule has 1 aliphatic heterocycles. The second-order valence-electron chi connectivity index (χ2n) is 4.37. The number of aryl methyl sites for hydroxylation is 1. The number of rotatable bonds is 3. The van der Waals surface area contributed by atoms with E-state index in [1.165, 1.54) is 21.3 Å². The zero-order valence-corrected chi connectivity index (χ0v) is 11.2. The summed E-state index contributed by atoms with van der Waals surface area (Å²) >= 11 is 0. The molecule has 0 aromatic carbocycles. The lowest BCUT2D eigenvalue weighted by atomic mass is 10.2. The van der Waals surface area contributed by atoms with Crippen LogP contribution in [0.1, 0.15) is 6.92 Å². The smallest absolute Gasteiger partial charge is 0.260 e. The summed E-state index contributed by atoms with van der Waals surface area (Å²) in [7, 11) is -2.00. The summed E-state index contributed by atoms with van der Waals surface area (Å²) in [6.45, 7) is 2.04. The molecule has 2 unspecified atom stereocenters. The zero-order valence-electron chi connectivity index (χ0n) is 10.4. The Balaban J connectivity index is 2.28. The minimum absolute atomic E-state index is 0.147. The minimum Gasteiger partial charge on any atom is -0.394 e. The van der Waals surface area contributed by atoms with Crippen molar-refractivity contribution in [1.29, 1.82) is 0 Å². The fourth-order valence-corrected chi connectivity index (χ4v) is 3.69. The third kappa shape index (κ3) is 2.41. The third-order valence-corrected chi connectivity index (χ3v) is 4.78. The van der Waals surface area contributed by atoms with Crippen molar-refractivity contribution in [3.63, 3.8) is 0 Å². The van der Waals surface area contributed by atoms with Crippen molar-refractivity contribution in [2.24, 2.45) is 7.05 Å². The van der Waals surface area contributed by atoms with Gasteiger partial charge < -0.3 is 9.84 Å². The van der Waals surface area contributed by atoms with E-state index >= 15 is 0 Å². The van der Waals surface area contributed by atoms with Crippen LogP contribution in [0.15, 0.2) is 17.3 Å². The maximum atomic E-state index is 12.4. The Morgan fingerprint density at radius 1 is 1.56 bits per heavy atom. The molecule has 1 aliphatic rings. The summed E-state index contributed by atoms with van der Waals surface area (Å²) in [5.74, 6) is 0. The number of aromatic nitrogens is 2. The summed E-state index contributed by atoms with van der Waals surface area (Å²) in [6, 6.07) is 1.46. The first kappa shape index (κ1) is 13.5. The molecule has 1 N–H and O–H groups in total. The maximum Gasteiger partial charge on any atom is 0.260 e. The summed E-state index contributed by atoms with van der Waals surface area (Å²) < 4.78 is 32.9. The highest BCUT2D eigenvalue weighted by atomic mass is 32.2. The number of morpholine rings is 1. The van der Waals surface area contributed by atoms with E-state index in [-0.39, 0.29) is 30.8 Å². The van der Waals surface area contributed by atoms with Gasteiger partial charge in [-0.25, -0.2) is 8.42 Å². The molecular formula is C10H17N3O4S. The van der Waals surface area contributed by atoms with Gasteiger partial charge in [-0.2, -0.15) is 9.40 Å². The number of aliphatic hydroxyl groups is 1. The number of ether oxygens (including phenoxy) is 1. The average Bonchev–Trinajstić information content (AvgIpc) is 2.75. The van der Waals surface area contributed by atoms with Gasteiger partial charge in [-0.15, -0.1) is 0 Å². The van der Waals surface area contributed by atoms with Crippen LogP contribution in [0.5, 0.6) is 0 Å². The Morgan fingerprint density at radius 3 is 2.83 bits per heavy atom. The fraction of sp³-hybridized carbons (Fsp3) is 0.700. The summed E-state index contributed by atoms with van der Waals surface area (Å²) in [6.07, 6.45) is 0.732. The molecule has 1 aromatic rings. The van der Waals surface area contributed by atoms with E-state index in [1.54, 1.807) is 14.0 Å². The lowest BCUT2D eigenvalue weighted by Gasteiger charge is -2.35. The van der Waals surface area contributed by atoms with Crippen molar-refractivity contribution in [2.45, 2.75) is 24.2 Å². The van der Waals surface area contributed by atoms with Gasteiger partial charge in [-0.1, -0.05) is 0 Å². The van der Waals surface area contributed by atoms with Gasteiger partial charge in [0.25, 0.3) is 10.0 Å². The van der Waals surface area contributed by atoms with Crippen LogP contribution in [-0.4, -0.2) is 59.5 Å². The first-order chi connectivity index (χ1) is 8.45. The molecule has 0 amide bonds. The van der Waals surface area contributed by atoms with Crippen LogP contribution in [0, 0.1) is 0 Å². The van der Waals surface area contributed by atoms with Gasteiger partial charge >= 0.3 is 0 Å². The summed E-state index contributed by atoms with van der Waals surface area (Å²) in [4.78, 5) is 0. The SMILES string of the molecule is CC1CN(S(=O)(=O)c2ccnn2C)CC(CO)O1. The number of aliphatic hydroxyl groups excluding tert-OH is 1. The van der Waals surface area contributed by atoms with Crippen LogP contribution in [0.25, 0.3) is 0 Å². The molecule has 0 spiro atoms. The number of hydrogen-bond acceptors (Lipinski definition) is 5. The van der Waals surface area contributed by atoms with Crippen molar-refractivity contribution in [1.82, 2.24) is 14.1 Å². The number of hydrogen-bond donors (Lipinski definition) is 1. The first-order valence-corrected chi connectivity index (χ1v) is 7.13. The summed E-state index contributed by atoms with van der Waals surface area (Å²) in [5, 5.41) is 13.1. The van der Waals surface area contributed by atoms with E-state index in [0.717, 1.165) is 0 Å². The maximum absolute atomic E-state index is 12.4. The van der Waals surface area contributed by atoms with E-state index in [0.29, 0.717) is 0 Å². The second kappa shape index (κ2) is 4.96. The van der Waals surface area contributed by atoms with Crippen molar-refractivity contribution in [3.8, 4) is 0 Å². The van der Waals surface area contributed by atoms with Crippen LogP contribution in [0.2, 0.25) is 0 Å². The lowest BCUT2D eigenvalue weighted by molar-refractivity contribution is -0.0751. The van der Waals surface area contributed by atoms with Crippen LogP contribution < -0.4 is 0 Å². The first-order valence-electron chi connectivity index (χ1n) is 5.69. The van der Waals surface area contributed by atoms with Crippen LogP contribution in [0.4, 0.5) is 0 Å². The molecule has 2 atom stereocenters. The molecule has 0 bridgehead atoms. The van der Waals surface area contributed by atoms with E-state index in [4.69, 9.17) is 9.84 Å². The topological polar surface area (TPSA) is 84.7 Å². The summed E-state index contributed by atoms with van der Waals surface area (Å²) in [5.41, 5.74) is 0. The molecule has 1 aromatic heterocycles. The molecule has 2 heterocycles. The highest BCUT2D eigenvalue weighted by Crippen LogP contribution is 2.20. The van der Waals surface area contributed by atoms with Crippen LogP contribution in [-0.2, 0) is 21.8 Å². The molecule has 1 saturated heterocycles. The standard InChI is InChI=1S/C10H17N3O4S/c1-8-5-13(6-9(7-14)17-8)18(15,16)10-3-4-11-12(10)2/h3-4,8-9,14H,5-7H2,1-2H3. The van der Waals surface area contributed by atoms with Crippen molar-refractivity contribution in [3.05, 3.63) is 12.3 Å². The van der Waals surface area contributed by atoms with Crippen molar-refractivity contribution < 1.29 is 18.3 Å². The predicted octanol–water partition coefficient (Wildman–Crippen LogP) is -0.810. The molecule has 18 heavy (non-hydrogen) atoms. The van der Waals surface area contributed by atoms with Gasteiger partial charge in [0.15, 0.2) is 5.03 Å². The Bertz CT molecular complexity index is 513. The van der Waals surface area contributed by atoms with Gasteiger partial charge in [0.05, 0.1) is 25.0 Å². The molecule has 0 aliphatic carbocycles. The van der Waals surface area contributed by atoms with Gasteiger partial charge in [0.2, 0.25) is 0 Å². The monoisotopic (exact) mass is 275 g/mol. The Labute approximate surface area is 106 Å². The van der Waals surface area contributed by atoms with Crippen molar-refractivity contribution >= 4 is 10.0 Å². The van der Waals surface area contributed by atoms with E-state index in [2.05, 4.69) is 5.10 Å². The van der Waals surface area contributed by atoms with Crippen molar-refractivity contribution in [2.75, 3.05) is 19.7 Å². The van der Waals surface area contributed by atoms with E-state index in [9.17, 15) is 8.42 Å². The lowest BCUT2D eigenvalue weighted by Crippen LogP contribution is -2.50.